The Labute approximate surface area is 199 Å². The maximum atomic E-state index is 13.3. The minimum Gasteiger partial charge on any atom is -0.443 e. The van der Waals surface area contributed by atoms with Gasteiger partial charge in [0.1, 0.15) is 23.9 Å². The molecule has 2 fully saturated rings. The van der Waals surface area contributed by atoms with Crippen LogP contribution >= 0.6 is 0 Å². The zero-order chi connectivity index (χ0) is 25.1. The molecule has 1 aromatic heterocycles. The summed E-state index contributed by atoms with van der Waals surface area (Å²) in [6, 6.07) is 7.42. The zero-order valence-electron chi connectivity index (χ0n) is 19.3. The average Bonchev–Trinajstić information content (AvgIpc) is 2.77. The summed E-state index contributed by atoms with van der Waals surface area (Å²) in [4.78, 5) is 33.4. The fourth-order valence-electron chi connectivity index (χ4n) is 4.49. The summed E-state index contributed by atoms with van der Waals surface area (Å²) in [6.45, 7) is 4.90. The van der Waals surface area contributed by atoms with E-state index in [1.165, 1.54) is 0 Å². The van der Waals surface area contributed by atoms with E-state index in [1.807, 2.05) is 6.07 Å². The summed E-state index contributed by atoms with van der Waals surface area (Å²) in [7, 11) is 0. The van der Waals surface area contributed by atoms with Gasteiger partial charge in [-0.1, -0.05) is 30.3 Å². The number of fused-ring (bicyclic) bond motifs is 3. The number of nitrogens with two attached hydrogens (primary N) is 1. The lowest BCUT2D eigenvalue weighted by molar-refractivity contribution is -0.380. The number of nitrogen functional groups attached to an aromatic ring is 1. The van der Waals surface area contributed by atoms with Gasteiger partial charge in [-0.25, -0.2) is 4.79 Å². The number of H-pyrrole nitrogens is 1. The fraction of sp³-hybridized carbons (Fsp3) is 0.500. The van der Waals surface area contributed by atoms with Gasteiger partial charge in [0.15, 0.2) is 24.0 Å². The molecule has 0 bridgehead atoms. The summed E-state index contributed by atoms with van der Waals surface area (Å²) in [5.74, 6) is -2.97. The number of aliphatic hydroxyl groups is 2. The van der Waals surface area contributed by atoms with Crippen LogP contribution in [0.2, 0.25) is 0 Å². The molecule has 0 spiro atoms. The fourth-order valence-corrected chi connectivity index (χ4v) is 4.49. The van der Waals surface area contributed by atoms with E-state index in [4.69, 9.17) is 24.7 Å². The predicted octanol–water partition coefficient (Wildman–Crippen LogP) is 0.408. The molecule has 5 rings (SSSR count). The smallest absolute Gasteiger partial charge is 0.415 e. The Kier molecular flexibility index (Phi) is 5.49. The molecule has 3 aliphatic heterocycles. The summed E-state index contributed by atoms with van der Waals surface area (Å²) < 4.78 is 23.2. The topological polar surface area (TPSA) is 181 Å². The first-order chi connectivity index (χ1) is 16.5. The maximum absolute atomic E-state index is 13.3. The van der Waals surface area contributed by atoms with Crippen LogP contribution in [0.15, 0.2) is 35.1 Å². The van der Waals surface area contributed by atoms with E-state index in [0.29, 0.717) is 5.56 Å². The lowest BCUT2D eigenvalue weighted by Crippen LogP contribution is -2.77. The SMILES string of the molecule is CC(C)(C)OC(=O)N1c2c(nc(N)[nH]c2=O)N[C@@H]2O[C@@H]3COC(c4ccccc4)O[C@@H]3C(O)(O)[C@@H]21. The summed E-state index contributed by atoms with van der Waals surface area (Å²) in [6.07, 6.45) is -5.37. The number of anilines is 3. The second kappa shape index (κ2) is 8.17. The van der Waals surface area contributed by atoms with Crippen LogP contribution in [0.4, 0.5) is 22.2 Å². The highest BCUT2D eigenvalue weighted by atomic mass is 16.7. The largest absolute Gasteiger partial charge is 0.443 e. The van der Waals surface area contributed by atoms with Crippen LogP contribution in [0.3, 0.4) is 0 Å². The van der Waals surface area contributed by atoms with E-state index in [-0.39, 0.29) is 24.1 Å². The van der Waals surface area contributed by atoms with Crippen LogP contribution < -0.4 is 21.5 Å². The highest BCUT2D eigenvalue weighted by Gasteiger charge is 2.64. The molecule has 3 aliphatic rings. The minimum atomic E-state index is -2.69. The molecule has 0 radical (unpaired) electrons. The third-order valence-electron chi connectivity index (χ3n) is 5.86. The summed E-state index contributed by atoms with van der Waals surface area (Å²) in [5.41, 5.74) is 4.32. The van der Waals surface area contributed by atoms with Gasteiger partial charge in [-0.05, 0) is 20.8 Å². The molecule has 6 N–H and O–H groups in total. The van der Waals surface area contributed by atoms with Crippen molar-refractivity contribution in [1.82, 2.24) is 9.97 Å². The van der Waals surface area contributed by atoms with Crippen molar-refractivity contribution in [2.24, 2.45) is 0 Å². The third kappa shape index (κ3) is 4.10. The molecule has 35 heavy (non-hydrogen) atoms. The summed E-state index contributed by atoms with van der Waals surface area (Å²) in [5, 5.41) is 25.8. The standard InChI is InChI=1S/C22H27N5O8/c1-21(2,3)35-20(29)27-12-15(25-19(23)26-16(12)28)24-17-13(27)22(30,31)14-11(33-17)9-32-18(34-14)10-7-5-4-6-8-10/h4-8,11,13-14,17-18,30-31H,9H2,1-3H3,(H4,23,24,25,26,28)/t11-,13-,14+,17-,18?/m1/s1. The number of ether oxygens (including phenoxy) is 4. The molecule has 1 unspecified atom stereocenters. The van der Waals surface area contributed by atoms with Gasteiger partial charge in [0.05, 0.1) is 6.61 Å². The first-order valence-corrected chi connectivity index (χ1v) is 11.1. The summed E-state index contributed by atoms with van der Waals surface area (Å²) >= 11 is 0. The first kappa shape index (κ1) is 23.5. The minimum absolute atomic E-state index is 0.0256. The van der Waals surface area contributed by atoms with Gasteiger partial charge < -0.3 is 40.2 Å². The van der Waals surface area contributed by atoms with E-state index < -0.39 is 53.8 Å². The number of hydrogen-bond acceptors (Lipinski definition) is 11. The Morgan fingerprint density at radius 3 is 2.66 bits per heavy atom. The first-order valence-electron chi connectivity index (χ1n) is 11.1. The number of amides is 1. The zero-order valence-corrected chi connectivity index (χ0v) is 19.3. The normalized spacial score (nSPS) is 29.3. The third-order valence-corrected chi connectivity index (χ3v) is 5.86. The van der Waals surface area contributed by atoms with E-state index >= 15 is 0 Å². The van der Waals surface area contributed by atoms with Crippen LogP contribution in [0.25, 0.3) is 0 Å². The molecular weight excluding hydrogens is 462 g/mol. The number of aromatic nitrogens is 2. The van der Waals surface area contributed by atoms with Crippen molar-refractivity contribution in [3.63, 3.8) is 0 Å². The number of nitrogens with one attached hydrogen (secondary N) is 2. The van der Waals surface area contributed by atoms with E-state index in [9.17, 15) is 19.8 Å². The van der Waals surface area contributed by atoms with Gasteiger partial charge >= 0.3 is 6.09 Å². The van der Waals surface area contributed by atoms with Crippen molar-refractivity contribution in [3.8, 4) is 0 Å². The monoisotopic (exact) mass is 489 g/mol. The number of aromatic amines is 1. The number of carbonyl (C=O) groups is 1. The molecule has 2 aromatic rings. The van der Waals surface area contributed by atoms with Crippen molar-refractivity contribution in [2.75, 3.05) is 22.6 Å². The Hall–Kier alpha value is -3.23. The molecule has 0 aliphatic carbocycles. The number of hydrogen-bond donors (Lipinski definition) is 5. The van der Waals surface area contributed by atoms with Gasteiger partial charge in [0, 0.05) is 5.56 Å². The highest BCUT2D eigenvalue weighted by molar-refractivity contribution is 5.93. The molecule has 5 atom stereocenters. The van der Waals surface area contributed by atoms with Crippen molar-refractivity contribution in [2.45, 2.75) is 62.9 Å². The Bertz CT molecular complexity index is 1180. The van der Waals surface area contributed by atoms with E-state index in [1.54, 1.807) is 45.0 Å². The molecule has 0 saturated carbocycles. The molecule has 188 valence electrons. The van der Waals surface area contributed by atoms with E-state index in [2.05, 4.69) is 15.3 Å². The van der Waals surface area contributed by atoms with Crippen LogP contribution in [-0.2, 0) is 18.9 Å². The molecule has 2 saturated heterocycles. The Balaban J connectivity index is 1.57. The van der Waals surface area contributed by atoms with Crippen molar-refractivity contribution < 1.29 is 34.0 Å². The van der Waals surface area contributed by atoms with Gasteiger partial charge in [0.2, 0.25) is 11.7 Å². The molecule has 1 amide bonds. The van der Waals surface area contributed by atoms with Gasteiger partial charge in [0.25, 0.3) is 5.56 Å². The van der Waals surface area contributed by atoms with Crippen molar-refractivity contribution >= 4 is 23.5 Å². The Morgan fingerprint density at radius 1 is 1.26 bits per heavy atom. The van der Waals surface area contributed by atoms with Gasteiger partial charge in [-0.15, -0.1) is 0 Å². The molecule has 1 aromatic carbocycles. The van der Waals surface area contributed by atoms with Crippen LogP contribution in [0, 0.1) is 0 Å². The van der Waals surface area contributed by atoms with Gasteiger partial charge in [-0.2, -0.15) is 4.98 Å². The molecule has 13 nitrogen and oxygen atoms in total. The van der Waals surface area contributed by atoms with Crippen molar-refractivity contribution in [1.29, 1.82) is 0 Å². The lowest BCUT2D eigenvalue weighted by atomic mass is 9.88. The van der Waals surface area contributed by atoms with Gasteiger partial charge in [-0.3, -0.25) is 14.7 Å². The van der Waals surface area contributed by atoms with Crippen LogP contribution in [-0.4, -0.2) is 68.7 Å². The van der Waals surface area contributed by atoms with Crippen molar-refractivity contribution in [3.05, 3.63) is 46.2 Å². The number of benzene rings is 1. The maximum Gasteiger partial charge on any atom is 0.415 e. The quantitative estimate of drug-likeness (QED) is 0.350. The second-order valence-corrected chi connectivity index (χ2v) is 9.60. The molecule has 4 heterocycles. The molecule has 13 heteroatoms. The van der Waals surface area contributed by atoms with E-state index in [0.717, 1.165) is 4.90 Å². The van der Waals surface area contributed by atoms with Crippen LogP contribution in [0.1, 0.15) is 32.6 Å². The number of carbonyl (C=O) groups excluding carboxylic acids is 1. The van der Waals surface area contributed by atoms with Crippen LogP contribution in [0.5, 0.6) is 0 Å². The predicted molar refractivity (Wildman–Crippen MR) is 121 cm³/mol. The molecular formula is C22H27N5O8. The lowest BCUT2D eigenvalue weighted by Gasteiger charge is -2.55. The highest BCUT2D eigenvalue weighted by Crippen LogP contribution is 2.44. The Morgan fingerprint density at radius 2 is 1.97 bits per heavy atom. The number of nitrogens with zero attached hydrogens (tertiary/aromatic N) is 2. The number of rotatable bonds is 1. The second-order valence-electron chi connectivity index (χ2n) is 9.60. The average molecular weight is 489 g/mol.